The molecule has 3 rings (SSSR count). The van der Waals surface area contributed by atoms with Gasteiger partial charge in [0.15, 0.2) is 0 Å². The van der Waals surface area contributed by atoms with Gasteiger partial charge in [-0.05, 0) is 38.6 Å². The summed E-state index contributed by atoms with van der Waals surface area (Å²) in [6.45, 7) is 1.13. The molecule has 4 heteroatoms. The Hall–Kier alpha value is -0.450. The molecule has 0 spiro atoms. The van der Waals surface area contributed by atoms with Gasteiger partial charge < -0.3 is 10.1 Å². The smallest absolute Gasteiger partial charge is 0.125 e. The summed E-state index contributed by atoms with van der Waals surface area (Å²) < 4.78 is 5.66. The number of ether oxygens (including phenoxy) is 1. The number of methoxy groups -OCH3 is 1. The van der Waals surface area contributed by atoms with Gasteiger partial charge in [-0.25, -0.2) is 4.98 Å². The van der Waals surface area contributed by atoms with Crippen molar-refractivity contribution in [1.82, 2.24) is 10.3 Å². The molecule has 1 saturated heterocycles. The van der Waals surface area contributed by atoms with Crippen molar-refractivity contribution in [3.63, 3.8) is 0 Å². The molecule has 2 heterocycles. The number of thiazole rings is 1. The quantitative estimate of drug-likeness (QED) is 0.879. The van der Waals surface area contributed by atoms with E-state index in [9.17, 15) is 0 Å². The van der Waals surface area contributed by atoms with Crippen molar-refractivity contribution in [1.29, 1.82) is 0 Å². The molecule has 0 bridgehead atoms. The highest BCUT2D eigenvalue weighted by Gasteiger charge is 2.41. The standard InChI is InChI=1S/C12H18N2OS/c1-15-12(5-3-6-12)11-14-10(8-16-11)9-4-2-7-13-9/h8-9,13H,2-7H2,1H3/t9-/m0/s1. The molecule has 0 aromatic carbocycles. The SMILES string of the molecule is COC1(c2nc([C@@H]3CCCN3)cs2)CCC1. The summed E-state index contributed by atoms with van der Waals surface area (Å²) in [5.41, 5.74) is 1.18. The second kappa shape index (κ2) is 4.09. The van der Waals surface area contributed by atoms with Crippen LogP contribution in [-0.4, -0.2) is 18.6 Å². The van der Waals surface area contributed by atoms with E-state index in [1.54, 1.807) is 11.3 Å². The summed E-state index contributed by atoms with van der Waals surface area (Å²) in [4.78, 5) is 4.79. The van der Waals surface area contributed by atoms with E-state index in [0.717, 1.165) is 19.4 Å². The molecule has 1 aromatic heterocycles. The van der Waals surface area contributed by atoms with Crippen molar-refractivity contribution < 1.29 is 4.74 Å². The maximum atomic E-state index is 5.66. The number of nitrogens with one attached hydrogen (secondary N) is 1. The van der Waals surface area contributed by atoms with Crippen LogP contribution in [0.4, 0.5) is 0 Å². The average Bonchev–Trinajstić information content (AvgIpc) is 2.86. The minimum atomic E-state index is -0.0402. The van der Waals surface area contributed by atoms with E-state index >= 15 is 0 Å². The zero-order valence-electron chi connectivity index (χ0n) is 9.66. The summed E-state index contributed by atoms with van der Waals surface area (Å²) >= 11 is 1.77. The van der Waals surface area contributed by atoms with E-state index in [0.29, 0.717) is 6.04 Å². The lowest BCUT2D eigenvalue weighted by Crippen LogP contribution is -2.36. The average molecular weight is 238 g/mol. The van der Waals surface area contributed by atoms with Crippen LogP contribution < -0.4 is 5.32 Å². The van der Waals surface area contributed by atoms with Gasteiger partial charge in [0.2, 0.25) is 0 Å². The van der Waals surface area contributed by atoms with Crippen molar-refractivity contribution in [3.05, 3.63) is 16.1 Å². The van der Waals surface area contributed by atoms with Crippen LogP contribution in [0.5, 0.6) is 0 Å². The van der Waals surface area contributed by atoms with Gasteiger partial charge in [0.25, 0.3) is 0 Å². The molecule has 3 nitrogen and oxygen atoms in total. The third kappa shape index (κ3) is 1.60. The Morgan fingerprint density at radius 1 is 1.50 bits per heavy atom. The molecule has 0 amide bonds. The highest BCUT2D eigenvalue weighted by molar-refractivity contribution is 7.09. The van der Waals surface area contributed by atoms with Crippen molar-refractivity contribution >= 4 is 11.3 Å². The first-order chi connectivity index (χ1) is 7.84. The Morgan fingerprint density at radius 3 is 2.94 bits per heavy atom. The fourth-order valence-electron chi connectivity index (χ4n) is 2.60. The van der Waals surface area contributed by atoms with Gasteiger partial charge in [0.05, 0.1) is 11.7 Å². The molecule has 1 aromatic rings. The largest absolute Gasteiger partial charge is 0.371 e. The molecule has 1 N–H and O–H groups in total. The first kappa shape index (κ1) is 10.7. The van der Waals surface area contributed by atoms with Crippen LogP contribution in [-0.2, 0) is 10.3 Å². The van der Waals surface area contributed by atoms with E-state index in [1.165, 1.54) is 30.0 Å². The summed E-state index contributed by atoms with van der Waals surface area (Å²) in [7, 11) is 1.81. The van der Waals surface area contributed by atoms with Gasteiger partial charge in [-0.15, -0.1) is 11.3 Å². The van der Waals surface area contributed by atoms with Gasteiger partial charge in [-0.3, -0.25) is 0 Å². The molecule has 1 atom stereocenters. The number of rotatable bonds is 3. The second-order valence-corrected chi connectivity index (χ2v) is 5.64. The topological polar surface area (TPSA) is 34.1 Å². The minimum absolute atomic E-state index is 0.0402. The molecule has 2 aliphatic rings. The Morgan fingerprint density at radius 2 is 2.38 bits per heavy atom. The first-order valence-corrected chi connectivity index (χ1v) is 6.96. The molecule has 1 saturated carbocycles. The third-order valence-corrected chi connectivity index (χ3v) is 4.93. The van der Waals surface area contributed by atoms with Gasteiger partial charge in [-0.1, -0.05) is 0 Å². The molecular weight excluding hydrogens is 220 g/mol. The van der Waals surface area contributed by atoms with E-state index in [-0.39, 0.29) is 5.60 Å². The fraction of sp³-hybridized carbons (Fsp3) is 0.750. The number of aromatic nitrogens is 1. The number of nitrogens with zero attached hydrogens (tertiary/aromatic N) is 1. The molecule has 88 valence electrons. The van der Waals surface area contributed by atoms with Gasteiger partial charge in [0.1, 0.15) is 10.6 Å². The third-order valence-electron chi connectivity index (χ3n) is 3.88. The Labute approximate surface area is 100 Å². The highest BCUT2D eigenvalue weighted by Crippen LogP contribution is 2.45. The summed E-state index contributed by atoms with van der Waals surface area (Å²) in [6.07, 6.45) is 6.03. The summed E-state index contributed by atoms with van der Waals surface area (Å²) in [6, 6.07) is 0.485. The predicted molar refractivity (Wildman–Crippen MR) is 64.6 cm³/mol. The zero-order valence-corrected chi connectivity index (χ0v) is 10.5. The minimum Gasteiger partial charge on any atom is -0.371 e. The van der Waals surface area contributed by atoms with Crippen LogP contribution in [0, 0.1) is 0 Å². The lowest BCUT2D eigenvalue weighted by molar-refractivity contribution is -0.0780. The monoisotopic (exact) mass is 238 g/mol. The van der Waals surface area contributed by atoms with Crippen LogP contribution in [0.3, 0.4) is 0 Å². The Balaban J connectivity index is 1.81. The number of hydrogen-bond donors (Lipinski definition) is 1. The van der Waals surface area contributed by atoms with Crippen LogP contribution in [0.15, 0.2) is 5.38 Å². The molecule has 16 heavy (non-hydrogen) atoms. The van der Waals surface area contributed by atoms with Crippen LogP contribution >= 0.6 is 11.3 Å². The zero-order chi connectivity index (χ0) is 11.0. The summed E-state index contributed by atoms with van der Waals surface area (Å²) in [5.74, 6) is 0. The molecule has 0 unspecified atom stereocenters. The normalized spacial score (nSPS) is 27.9. The number of hydrogen-bond acceptors (Lipinski definition) is 4. The lowest BCUT2D eigenvalue weighted by Gasteiger charge is -2.38. The maximum Gasteiger partial charge on any atom is 0.125 e. The van der Waals surface area contributed by atoms with Crippen molar-refractivity contribution in [3.8, 4) is 0 Å². The van der Waals surface area contributed by atoms with Gasteiger partial charge in [-0.2, -0.15) is 0 Å². The Bertz CT molecular complexity index is 361. The molecule has 0 radical (unpaired) electrons. The molecule has 2 fully saturated rings. The first-order valence-electron chi connectivity index (χ1n) is 6.08. The predicted octanol–water partition coefficient (Wildman–Crippen LogP) is 2.59. The molecule has 1 aliphatic carbocycles. The van der Waals surface area contributed by atoms with Crippen molar-refractivity contribution in [2.24, 2.45) is 0 Å². The van der Waals surface area contributed by atoms with Gasteiger partial charge >= 0.3 is 0 Å². The van der Waals surface area contributed by atoms with Crippen molar-refractivity contribution in [2.45, 2.75) is 43.7 Å². The van der Waals surface area contributed by atoms with Crippen LogP contribution in [0.2, 0.25) is 0 Å². The van der Waals surface area contributed by atoms with E-state index in [1.807, 2.05) is 7.11 Å². The van der Waals surface area contributed by atoms with Gasteiger partial charge in [0, 0.05) is 12.5 Å². The van der Waals surface area contributed by atoms with Crippen LogP contribution in [0.25, 0.3) is 0 Å². The van der Waals surface area contributed by atoms with E-state index < -0.39 is 0 Å². The lowest BCUT2D eigenvalue weighted by atomic mass is 9.80. The summed E-state index contributed by atoms with van der Waals surface area (Å²) in [5, 5.41) is 6.89. The second-order valence-electron chi connectivity index (χ2n) is 4.78. The maximum absolute atomic E-state index is 5.66. The van der Waals surface area contributed by atoms with Crippen molar-refractivity contribution in [2.75, 3.05) is 13.7 Å². The Kier molecular flexibility index (Phi) is 2.73. The van der Waals surface area contributed by atoms with E-state index in [4.69, 9.17) is 9.72 Å². The van der Waals surface area contributed by atoms with E-state index in [2.05, 4.69) is 10.7 Å². The molecule has 1 aliphatic heterocycles. The van der Waals surface area contributed by atoms with Crippen LogP contribution in [0.1, 0.15) is 48.8 Å². The molecular formula is C12H18N2OS. The highest BCUT2D eigenvalue weighted by atomic mass is 32.1. The fourth-order valence-corrected chi connectivity index (χ4v) is 3.71.